The Labute approximate surface area is 234 Å². The van der Waals surface area contributed by atoms with Gasteiger partial charge in [-0.15, -0.1) is 0 Å². The number of amides is 1. The highest BCUT2D eigenvalue weighted by molar-refractivity contribution is 7.92. The van der Waals surface area contributed by atoms with Crippen LogP contribution in [0.5, 0.6) is 11.5 Å². The third-order valence-corrected chi connectivity index (χ3v) is 10.0. The van der Waals surface area contributed by atoms with Gasteiger partial charge in [0.15, 0.2) is 0 Å². The van der Waals surface area contributed by atoms with Crippen LogP contribution in [-0.4, -0.2) is 42.4 Å². The number of aliphatic carboxylic acids is 1. The SMILES string of the molecule is O=C(O)CCC(=O)N(C1CC1)C1c2ccccc2N(S(=O)(=O)c2ccc(Oc3ccccc3)cc2)C2CCCC12. The molecule has 2 fully saturated rings. The fourth-order valence-electron chi connectivity index (χ4n) is 6.34. The van der Waals surface area contributed by atoms with E-state index in [-0.39, 0.29) is 47.7 Å². The molecule has 208 valence electrons. The van der Waals surface area contributed by atoms with E-state index in [1.165, 1.54) is 0 Å². The monoisotopic (exact) mass is 560 g/mol. The van der Waals surface area contributed by atoms with Crippen LogP contribution in [0.2, 0.25) is 0 Å². The summed E-state index contributed by atoms with van der Waals surface area (Å²) in [5.41, 5.74) is 1.41. The number of benzene rings is 3. The van der Waals surface area contributed by atoms with Crippen LogP contribution in [0.25, 0.3) is 0 Å². The highest BCUT2D eigenvalue weighted by Gasteiger charge is 2.52. The first-order valence-corrected chi connectivity index (χ1v) is 15.3. The summed E-state index contributed by atoms with van der Waals surface area (Å²) in [5.74, 6) is -0.0197. The third kappa shape index (κ3) is 4.94. The molecule has 0 spiro atoms. The molecule has 3 aromatic carbocycles. The van der Waals surface area contributed by atoms with Crippen LogP contribution in [0.1, 0.15) is 56.6 Å². The lowest BCUT2D eigenvalue weighted by Gasteiger charge is -2.48. The summed E-state index contributed by atoms with van der Waals surface area (Å²) in [6.07, 6.45) is 3.86. The molecule has 40 heavy (non-hydrogen) atoms. The van der Waals surface area contributed by atoms with Gasteiger partial charge in [-0.2, -0.15) is 0 Å². The molecule has 6 rings (SSSR count). The van der Waals surface area contributed by atoms with Crippen molar-refractivity contribution in [2.45, 2.75) is 68.0 Å². The Morgan fingerprint density at radius 3 is 2.23 bits per heavy atom. The minimum atomic E-state index is -3.92. The summed E-state index contributed by atoms with van der Waals surface area (Å²) in [5, 5.41) is 9.19. The number of carboxylic acid groups (broad SMARTS) is 1. The predicted octanol–water partition coefficient (Wildman–Crippen LogP) is 5.75. The molecule has 3 aromatic rings. The van der Waals surface area contributed by atoms with Gasteiger partial charge in [0.05, 0.1) is 29.1 Å². The molecule has 0 bridgehead atoms. The second-order valence-corrected chi connectivity index (χ2v) is 12.6. The van der Waals surface area contributed by atoms with Crippen LogP contribution < -0.4 is 9.04 Å². The van der Waals surface area contributed by atoms with E-state index >= 15 is 0 Å². The lowest BCUT2D eigenvalue weighted by molar-refractivity contribution is -0.142. The van der Waals surface area contributed by atoms with Crippen molar-refractivity contribution in [3.8, 4) is 11.5 Å². The van der Waals surface area contributed by atoms with E-state index in [2.05, 4.69) is 0 Å². The molecule has 0 radical (unpaired) electrons. The van der Waals surface area contributed by atoms with E-state index in [0.29, 0.717) is 23.6 Å². The number of para-hydroxylation sites is 2. The first-order chi connectivity index (χ1) is 19.3. The fraction of sp³-hybridized carbons (Fsp3) is 0.355. The Morgan fingerprint density at radius 1 is 0.850 bits per heavy atom. The Bertz CT molecular complexity index is 1500. The Morgan fingerprint density at radius 2 is 1.52 bits per heavy atom. The molecule has 3 unspecified atom stereocenters. The molecule has 2 aliphatic carbocycles. The van der Waals surface area contributed by atoms with Crippen molar-refractivity contribution in [1.82, 2.24) is 4.90 Å². The average molecular weight is 561 g/mol. The fourth-order valence-corrected chi connectivity index (χ4v) is 8.09. The standard InChI is InChI=1S/C31H32N2O6S/c34-29(19-20-30(35)36)32(21-13-14-21)31-25-9-4-5-11-27(25)33(28-12-6-10-26(28)31)40(37,38)24-17-15-23(16-18-24)39-22-7-2-1-3-8-22/h1-5,7-9,11,15-18,21,26,28,31H,6,10,12-14,19-20H2,(H,35,36). The number of hydrogen-bond acceptors (Lipinski definition) is 5. The smallest absolute Gasteiger partial charge is 0.303 e. The zero-order valence-electron chi connectivity index (χ0n) is 22.1. The molecule has 9 heteroatoms. The van der Waals surface area contributed by atoms with Crippen LogP contribution in [0, 0.1) is 5.92 Å². The van der Waals surface area contributed by atoms with Crippen LogP contribution in [0.3, 0.4) is 0 Å². The summed E-state index contributed by atoms with van der Waals surface area (Å²) < 4.78 is 35.9. The molecule has 2 saturated carbocycles. The van der Waals surface area contributed by atoms with Crippen LogP contribution in [0.4, 0.5) is 5.69 Å². The maximum absolute atomic E-state index is 14.2. The van der Waals surface area contributed by atoms with Crippen molar-refractivity contribution in [3.63, 3.8) is 0 Å². The molecule has 1 N–H and O–H groups in total. The van der Waals surface area contributed by atoms with Crippen molar-refractivity contribution >= 4 is 27.6 Å². The topological polar surface area (TPSA) is 104 Å². The van der Waals surface area contributed by atoms with Crippen LogP contribution in [0.15, 0.2) is 83.8 Å². The molecular formula is C31H32N2O6S. The van der Waals surface area contributed by atoms with E-state index in [1.807, 2.05) is 59.5 Å². The molecule has 0 aromatic heterocycles. The van der Waals surface area contributed by atoms with Crippen LogP contribution >= 0.6 is 0 Å². The summed E-state index contributed by atoms with van der Waals surface area (Å²) >= 11 is 0. The van der Waals surface area contributed by atoms with Gasteiger partial charge in [0.1, 0.15) is 11.5 Å². The molecule has 8 nitrogen and oxygen atoms in total. The lowest BCUT2D eigenvalue weighted by atomic mass is 9.82. The zero-order valence-corrected chi connectivity index (χ0v) is 22.9. The lowest BCUT2D eigenvalue weighted by Crippen LogP contribution is -2.52. The van der Waals surface area contributed by atoms with Gasteiger partial charge in [-0.05, 0) is 73.7 Å². The third-order valence-electron chi connectivity index (χ3n) is 8.17. The number of carbonyl (C=O) groups is 2. The van der Waals surface area contributed by atoms with Gasteiger partial charge in [0.25, 0.3) is 10.0 Å². The maximum Gasteiger partial charge on any atom is 0.303 e. The summed E-state index contributed by atoms with van der Waals surface area (Å²) in [7, 11) is -3.92. The maximum atomic E-state index is 14.2. The number of hydrogen-bond donors (Lipinski definition) is 1. The van der Waals surface area contributed by atoms with Gasteiger partial charge >= 0.3 is 5.97 Å². The Balaban J connectivity index is 1.35. The van der Waals surface area contributed by atoms with Crippen molar-refractivity contribution in [3.05, 3.63) is 84.4 Å². The number of carboxylic acids is 1. The summed E-state index contributed by atoms with van der Waals surface area (Å²) in [4.78, 5) is 26.7. The Hall–Kier alpha value is -3.85. The Kier molecular flexibility index (Phi) is 7.00. The van der Waals surface area contributed by atoms with Gasteiger partial charge in [-0.25, -0.2) is 8.42 Å². The second-order valence-electron chi connectivity index (χ2n) is 10.8. The van der Waals surface area contributed by atoms with Gasteiger partial charge in [0.2, 0.25) is 5.91 Å². The first-order valence-electron chi connectivity index (χ1n) is 13.8. The molecule has 3 aliphatic rings. The number of ether oxygens (including phenoxy) is 1. The van der Waals surface area contributed by atoms with Gasteiger partial charge in [0, 0.05) is 18.4 Å². The average Bonchev–Trinajstić information content (AvgIpc) is 3.67. The number of anilines is 1. The predicted molar refractivity (Wildman–Crippen MR) is 150 cm³/mol. The highest BCUT2D eigenvalue weighted by atomic mass is 32.2. The summed E-state index contributed by atoms with van der Waals surface area (Å²) in [6, 6.07) is 22.8. The van der Waals surface area contributed by atoms with E-state index in [0.717, 1.165) is 31.2 Å². The van der Waals surface area contributed by atoms with Crippen molar-refractivity contribution in [2.75, 3.05) is 4.31 Å². The molecule has 3 atom stereocenters. The van der Waals surface area contributed by atoms with E-state index in [4.69, 9.17) is 4.74 Å². The largest absolute Gasteiger partial charge is 0.481 e. The quantitative estimate of drug-likeness (QED) is 0.357. The van der Waals surface area contributed by atoms with Gasteiger partial charge < -0.3 is 14.7 Å². The number of rotatable bonds is 9. The minimum Gasteiger partial charge on any atom is -0.481 e. The molecule has 0 saturated heterocycles. The van der Waals surface area contributed by atoms with E-state index < -0.39 is 16.0 Å². The zero-order chi connectivity index (χ0) is 27.9. The number of sulfonamides is 1. The summed E-state index contributed by atoms with van der Waals surface area (Å²) in [6.45, 7) is 0. The number of nitrogens with zero attached hydrogens (tertiary/aromatic N) is 2. The first kappa shape index (κ1) is 26.4. The molecule has 1 aliphatic heterocycles. The van der Waals surface area contributed by atoms with E-state index in [1.54, 1.807) is 28.6 Å². The number of fused-ring (bicyclic) bond motifs is 2. The normalized spacial score (nSPS) is 21.8. The molecule has 1 heterocycles. The van der Waals surface area contributed by atoms with Crippen molar-refractivity contribution < 1.29 is 27.9 Å². The minimum absolute atomic E-state index is 0.0543. The van der Waals surface area contributed by atoms with Gasteiger partial charge in [-0.3, -0.25) is 13.9 Å². The highest BCUT2D eigenvalue weighted by Crippen LogP contribution is 2.54. The van der Waals surface area contributed by atoms with Crippen molar-refractivity contribution in [1.29, 1.82) is 0 Å². The number of carbonyl (C=O) groups excluding carboxylic acids is 1. The molecule has 1 amide bonds. The van der Waals surface area contributed by atoms with Crippen LogP contribution in [-0.2, 0) is 19.6 Å². The molecular weight excluding hydrogens is 528 g/mol. The van der Waals surface area contributed by atoms with Gasteiger partial charge in [-0.1, -0.05) is 42.8 Å². The van der Waals surface area contributed by atoms with E-state index in [9.17, 15) is 23.1 Å². The second kappa shape index (κ2) is 10.6. The van der Waals surface area contributed by atoms with Crippen molar-refractivity contribution in [2.24, 2.45) is 5.92 Å².